The number of nitrogen functional groups attached to an aromatic ring is 1. The highest BCUT2D eigenvalue weighted by atomic mass is 35.5. The summed E-state index contributed by atoms with van der Waals surface area (Å²) in [6.45, 7) is 4.36. The Hall–Kier alpha value is -1.64. The van der Waals surface area contributed by atoms with Crippen molar-refractivity contribution >= 4 is 27.3 Å². The summed E-state index contributed by atoms with van der Waals surface area (Å²) in [4.78, 5) is -0.0465. The lowest BCUT2D eigenvalue weighted by atomic mass is 10.2. The summed E-state index contributed by atoms with van der Waals surface area (Å²) in [5.74, 6) is 0.525. The maximum absolute atomic E-state index is 12.3. The molecule has 0 saturated heterocycles. The zero-order chi connectivity index (χ0) is 15.6. The number of halogens is 1. The molecule has 3 N–H and O–H groups in total. The molecule has 0 aliphatic carbocycles. The number of nitrogens with one attached hydrogen (secondary N) is 1. The van der Waals surface area contributed by atoms with Gasteiger partial charge in [0.1, 0.15) is 17.0 Å². The molecular formula is C12H16ClN5O2S. The number of hydrogen-bond acceptors (Lipinski definition) is 5. The Bertz CT molecular complexity index is 757. The Morgan fingerprint density at radius 1 is 1.43 bits per heavy atom. The second kappa shape index (κ2) is 6.00. The average molecular weight is 330 g/mol. The van der Waals surface area contributed by atoms with Crippen LogP contribution in [0.5, 0.6) is 0 Å². The molecule has 0 aliphatic heterocycles. The molecule has 21 heavy (non-hydrogen) atoms. The maximum Gasteiger partial charge on any atom is 0.242 e. The smallest absolute Gasteiger partial charge is 0.242 e. The van der Waals surface area contributed by atoms with E-state index in [-0.39, 0.29) is 16.5 Å². The van der Waals surface area contributed by atoms with E-state index in [1.165, 1.54) is 12.1 Å². The van der Waals surface area contributed by atoms with Crippen molar-refractivity contribution in [3.63, 3.8) is 0 Å². The molecule has 2 aromatic rings. The average Bonchev–Trinajstić information content (AvgIpc) is 2.88. The molecule has 0 bridgehead atoms. The van der Waals surface area contributed by atoms with Gasteiger partial charge in [-0.2, -0.15) is 0 Å². The topological polar surface area (TPSA) is 103 Å². The van der Waals surface area contributed by atoms with Crippen molar-refractivity contribution < 1.29 is 8.42 Å². The van der Waals surface area contributed by atoms with Gasteiger partial charge in [-0.15, -0.1) is 10.2 Å². The number of benzene rings is 1. The summed E-state index contributed by atoms with van der Waals surface area (Å²) < 4.78 is 28.8. The van der Waals surface area contributed by atoms with E-state index < -0.39 is 10.0 Å². The lowest BCUT2D eigenvalue weighted by Crippen LogP contribution is -2.25. The van der Waals surface area contributed by atoms with Crippen LogP contribution >= 0.6 is 11.6 Å². The largest absolute Gasteiger partial charge is 0.398 e. The zero-order valence-electron chi connectivity index (χ0n) is 11.7. The Morgan fingerprint density at radius 3 is 2.81 bits per heavy atom. The number of nitrogens with two attached hydrogens (primary N) is 1. The van der Waals surface area contributed by atoms with E-state index in [9.17, 15) is 8.42 Å². The quantitative estimate of drug-likeness (QED) is 0.805. The first-order chi connectivity index (χ1) is 9.85. The van der Waals surface area contributed by atoms with Crippen molar-refractivity contribution in [1.82, 2.24) is 19.5 Å². The van der Waals surface area contributed by atoms with E-state index in [1.54, 1.807) is 17.8 Å². The molecule has 1 heterocycles. The van der Waals surface area contributed by atoms with Gasteiger partial charge >= 0.3 is 0 Å². The summed E-state index contributed by atoms with van der Waals surface area (Å²) in [5.41, 5.74) is 6.84. The Labute approximate surface area is 128 Å². The lowest BCUT2D eigenvalue weighted by Gasteiger charge is -2.10. The molecule has 114 valence electrons. The van der Waals surface area contributed by atoms with Gasteiger partial charge in [-0.25, -0.2) is 13.1 Å². The fourth-order valence-electron chi connectivity index (χ4n) is 1.79. The van der Waals surface area contributed by atoms with Crippen LogP contribution < -0.4 is 10.5 Å². The number of aryl methyl sites for hydroxylation is 2. The van der Waals surface area contributed by atoms with Crippen LogP contribution in [-0.2, 0) is 23.1 Å². The van der Waals surface area contributed by atoms with Gasteiger partial charge in [0.2, 0.25) is 10.0 Å². The molecule has 0 fully saturated rings. The van der Waals surface area contributed by atoms with E-state index in [0.717, 1.165) is 5.56 Å². The monoisotopic (exact) mass is 329 g/mol. The standard InChI is InChI=1S/C12H16ClN5O2S/c1-3-18-7-15-17-12(18)6-16-21(19,20)11-5-10(14)8(2)4-9(11)13/h4-5,7,16H,3,6,14H2,1-2H3. The van der Waals surface area contributed by atoms with Crippen molar-refractivity contribution in [2.45, 2.75) is 31.8 Å². The Kier molecular flexibility index (Phi) is 4.50. The fraction of sp³-hybridized carbons (Fsp3) is 0.333. The van der Waals surface area contributed by atoms with Crippen LogP contribution in [0, 0.1) is 6.92 Å². The van der Waals surface area contributed by atoms with Gasteiger partial charge in [0, 0.05) is 12.2 Å². The molecule has 0 amide bonds. The fourth-order valence-corrected chi connectivity index (χ4v) is 3.39. The van der Waals surface area contributed by atoms with Gasteiger partial charge < -0.3 is 10.3 Å². The molecule has 9 heteroatoms. The first-order valence-electron chi connectivity index (χ1n) is 6.27. The highest BCUT2D eigenvalue weighted by Gasteiger charge is 2.20. The lowest BCUT2D eigenvalue weighted by molar-refractivity contribution is 0.575. The van der Waals surface area contributed by atoms with E-state index >= 15 is 0 Å². The van der Waals surface area contributed by atoms with Gasteiger partial charge in [0.25, 0.3) is 0 Å². The third-order valence-corrected chi connectivity index (χ3v) is 4.93. The highest BCUT2D eigenvalue weighted by Crippen LogP contribution is 2.26. The minimum absolute atomic E-state index is 0.0281. The predicted molar refractivity (Wildman–Crippen MR) is 80.3 cm³/mol. The Morgan fingerprint density at radius 2 is 2.14 bits per heavy atom. The SMILES string of the molecule is CCn1cnnc1CNS(=O)(=O)c1cc(N)c(C)cc1Cl. The number of anilines is 1. The minimum Gasteiger partial charge on any atom is -0.398 e. The summed E-state index contributed by atoms with van der Waals surface area (Å²) >= 11 is 6.00. The summed E-state index contributed by atoms with van der Waals surface area (Å²) in [6, 6.07) is 2.88. The van der Waals surface area contributed by atoms with Gasteiger partial charge in [-0.05, 0) is 31.5 Å². The third-order valence-electron chi connectivity index (χ3n) is 3.07. The molecule has 0 aliphatic rings. The number of aromatic nitrogens is 3. The van der Waals surface area contributed by atoms with Crippen LogP contribution in [0.15, 0.2) is 23.4 Å². The molecule has 0 spiro atoms. The third kappa shape index (κ3) is 3.34. The van der Waals surface area contributed by atoms with Gasteiger partial charge in [-0.1, -0.05) is 11.6 Å². The summed E-state index contributed by atoms with van der Waals surface area (Å²) in [7, 11) is -3.77. The van der Waals surface area contributed by atoms with Crippen LogP contribution in [0.3, 0.4) is 0 Å². The van der Waals surface area contributed by atoms with Crippen molar-refractivity contribution in [1.29, 1.82) is 0 Å². The van der Waals surface area contributed by atoms with Crippen LogP contribution in [-0.4, -0.2) is 23.2 Å². The number of hydrogen-bond donors (Lipinski definition) is 2. The minimum atomic E-state index is -3.77. The first kappa shape index (κ1) is 15.7. The molecule has 0 atom stereocenters. The highest BCUT2D eigenvalue weighted by molar-refractivity contribution is 7.89. The molecular weight excluding hydrogens is 314 g/mol. The van der Waals surface area contributed by atoms with Gasteiger partial charge in [0.05, 0.1) is 11.6 Å². The second-order valence-corrected chi connectivity index (χ2v) is 6.64. The van der Waals surface area contributed by atoms with E-state index in [2.05, 4.69) is 14.9 Å². The molecule has 0 radical (unpaired) electrons. The maximum atomic E-state index is 12.3. The Balaban J connectivity index is 2.25. The van der Waals surface area contributed by atoms with Crippen LogP contribution in [0.2, 0.25) is 5.02 Å². The van der Waals surface area contributed by atoms with Gasteiger partial charge in [0.15, 0.2) is 0 Å². The van der Waals surface area contributed by atoms with Crippen molar-refractivity contribution in [2.75, 3.05) is 5.73 Å². The predicted octanol–water partition coefficient (Wildman–Crippen LogP) is 1.32. The van der Waals surface area contributed by atoms with E-state index in [1.807, 2.05) is 6.92 Å². The van der Waals surface area contributed by atoms with E-state index in [4.69, 9.17) is 17.3 Å². The molecule has 1 aromatic heterocycles. The van der Waals surface area contributed by atoms with E-state index in [0.29, 0.717) is 18.1 Å². The van der Waals surface area contributed by atoms with Crippen molar-refractivity contribution in [3.05, 3.63) is 34.9 Å². The first-order valence-corrected chi connectivity index (χ1v) is 8.13. The normalized spacial score (nSPS) is 11.8. The van der Waals surface area contributed by atoms with Gasteiger partial charge in [-0.3, -0.25) is 0 Å². The summed E-state index contributed by atoms with van der Waals surface area (Å²) in [6.07, 6.45) is 1.54. The molecule has 2 rings (SSSR count). The van der Waals surface area contributed by atoms with Crippen molar-refractivity contribution in [2.24, 2.45) is 0 Å². The molecule has 0 saturated carbocycles. The second-order valence-electron chi connectivity index (χ2n) is 4.50. The number of sulfonamides is 1. The number of rotatable bonds is 5. The number of nitrogens with zero attached hydrogens (tertiary/aromatic N) is 3. The summed E-state index contributed by atoms with van der Waals surface area (Å²) in [5, 5.41) is 7.74. The van der Waals surface area contributed by atoms with Crippen molar-refractivity contribution in [3.8, 4) is 0 Å². The molecule has 7 nitrogen and oxygen atoms in total. The molecule has 1 aromatic carbocycles. The zero-order valence-corrected chi connectivity index (χ0v) is 13.2. The molecule has 0 unspecified atom stereocenters. The van der Waals surface area contributed by atoms with Crippen LogP contribution in [0.4, 0.5) is 5.69 Å². The van der Waals surface area contributed by atoms with Crippen LogP contribution in [0.1, 0.15) is 18.3 Å². The van der Waals surface area contributed by atoms with Crippen LogP contribution in [0.25, 0.3) is 0 Å².